The molecule has 2 aromatic rings. The minimum atomic E-state index is -0.964. The maximum Gasteiger partial charge on any atom is 0.338 e. The van der Waals surface area contributed by atoms with E-state index in [4.69, 9.17) is 4.74 Å². The van der Waals surface area contributed by atoms with Gasteiger partial charge in [0.15, 0.2) is 0 Å². The van der Waals surface area contributed by atoms with Gasteiger partial charge in [-0.1, -0.05) is 24.3 Å². The van der Waals surface area contributed by atoms with Crippen molar-refractivity contribution in [1.29, 1.82) is 0 Å². The van der Waals surface area contributed by atoms with Crippen LogP contribution in [0, 0.1) is 6.92 Å². The smallest absolute Gasteiger partial charge is 0.338 e. The molecule has 1 N–H and O–H groups in total. The van der Waals surface area contributed by atoms with Crippen molar-refractivity contribution in [3.05, 3.63) is 72.3 Å². The molecule has 32 heavy (non-hydrogen) atoms. The highest BCUT2D eigenvalue weighted by Gasteiger charge is 2.46. The van der Waals surface area contributed by atoms with E-state index in [0.717, 1.165) is 10.5 Å². The molecule has 0 saturated carbocycles. The maximum atomic E-state index is 13.1. The van der Waals surface area contributed by atoms with Crippen molar-refractivity contribution in [1.82, 2.24) is 4.90 Å². The quantitative estimate of drug-likeness (QED) is 0.389. The lowest BCUT2D eigenvalue weighted by atomic mass is 10.1. The number of nitrogens with zero attached hydrogens (tertiary/aromatic N) is 2. The molecule has 3 rings (SSSR count). The number of amides is 4. The summed E-state index contributed by atoms with van der Waals surface area (Å²) in [6, 6.07) is 11.9. The Bertz CT molecular complexity index is 1070. The summed E-state index contributed by atoms with van der Waals surface area (Å²) in [6.07, 6.45) is 1.28. The molecule has 0 bridgehead atoms. The summed E-state index contributed by atoms with van der Waals surface area (Å²) in [5.74, 6) is -1.43. The Hall–Kier alpha value is -3.94. The predicted octanol–water partition coefficient (Wildman–Crippen LogP) is 3.52. The van der Waals surface area contributed by atoms with Crippen LogP contribution in [0.3, 0.4) is 0 Å². The van der Waals surface area contributed by atoms with Gasteiger partial charge in [-0.05, 0) is 49.7 Å². The van der Waals surface area contributed by atoms with Crippen molar-refractivity contribution < 1.29 is 23.9 Å². The van der Waals surface area contributed by atoms with E-state index in [-0.39, 0.29) is 19.6 Å². The van der Waals surface area contributed by atoms with Crippen LogP contribution in [-0.4, -0.2) is 47.9 Å². The number of hydrogen-bond donors (Lipinski definition) is 1. The summed E-state index contributed by atoms with van der Waals surface area (Å²) in [4.78, 5) is 53.1. The average molecular weight is 435 g/mol. The average Bonchev–Trinajstić information content (AvgIpc) is 2.98. The van der Waals surface area contributed by atoms with Gasteiger partial charge in [-0.25, -0.2) is 14.5 Å². The minimum absolute atomic E-state index is 0.128. The lowest BCUT2D eigenvalue weighted by Crippen LogP contribution is -2.38. The Balaban J connectivity index is 1.77. The number of hydrogen-bond acceptors (Lipinski definition) is 5. The molecule has 1 heterocycles. The first-order valence-electron chi connectivity index (χ1n) is 10.2. The third-order valence-corrected chi connectivity index (χ3v) is 4.94. The number of anilines is 2. The van der Waals surface area contributed by atoms with E-state index in [1.807, 2.05) is 13.0 Å². The van der Waals surface area contributed by atoms with Gasteiger partial charge >= 0.3 is 12.0 Å². The van der Waals surface area contributed by atoms with Gasteiger partial charge in [-0.3, -0.25) is 9.59 Å². The van der Waals surface area contributed by atoms with Gasteiger partial charge in [0.1, 0.15) is 6.04 Å². The Kier molecular flexibility index (Phi) is 7.04. The van der Waals surface area contributed by atoms with Gasteiger partial charge in [-0.15, -0.1) is 6.58 Å². The van der Waals surface area contributed by atoms with E-state index in [9.17, 15) is 19.2 Å². The van der Waals surface area contributed by atoms with Crippen molar-refractivity contribution >= 4 is 35.2 Å². The first-order valence-corrected chi connectivity index (χ1v) is 10.2. The normalized spacial score (nSPS) is 15.6. The molecule has 1 saturated heterocycles. The van der Waals surface area contributed by atoms with Crippen molar-refractivity contribution in [3.8, 4) is 0 Å². The Morgan fingerprint density at radius 1 is 1.16 bits per heavy atom. The highest BCUT2D eigenvalue weighted by Crippen LogP contribution is 2.27. The predicted molar refractivity (Wildman–Crippen MR) is 120 cm³/mol. The minimum Gasteiger partial charge on any atom is -0.462 e. The van der Waals surface area contributed by atoms with Crippen LogP contribution in [0.4, 0.5) is 16.2 Å². The molecule has 1 fully saturated rings. The summed E-state index contributed by atoms with van der Waals surface area (Å²) < 4.78 is 4.97. The van der Waals surface area contributed by atoms with E-state index < -0.39 is 29.9 Å². The fourth-order valence-corrected chi connectivity index (χ4v) is 3.51. The molecule has 8 nitrogen and oxygen atoms in total. The highest BCUT2D eigenvalue weighted by atomic mass is 16.5. The summed E-state index contributed by atoms with van der Waals surface area (Å²) in [7, 11) is 0. The lowest BCUT2D eigenvalue weighted by molar-refractivity contribution is -0.124. The van der Waals surface area contributed by atoms with Gasteiger partial charge in [0.05, 0.1) is 24.3 Å². The zero-order valence-electron chi connectivity index (χ0n) is 18.0. The number of carbonyl (C=O) groups is 4. The summed E-state index contributed by atoms with van der Waals surface area (Å²) in [5.41, 5.74) is 2.05. The first kappa shape index (κ1) is 22.7. The van der Waals surface area contributed by atoms with E-state index in [1.165, 1.54) is 17.0 Å². The topological polar surface area (TPSA) is 96.0 Å². The van der Waals surface area contributed by atoms with Crippen LogP contribution in [0.5, 0.6) is 0 Å². The second-order valence-corrected chi connectivity index (χ2v) is 7.31. The molecule has 1 aliphatic heterocycles. The molecular weight excluding hydrogens is 410 g/mol. The molecule has 0 radical (unpaired) electrons. The molecule has 1 aliphatic rings. The van der Waals surface area contributed by atoms with Crippen LogP contribution >= 0.6 is 0 Å². The van der Waals surface area contributed by atoms with E-state index in [2.05, 4.69) is 11.9 Å². The Morgan fingerprint density at radius 3 is 2.59 bits per heavy atom. The first-order chi connectivity index (χ1) is 15.3. The summed E-state index contributed by atoms with van der Waals surface area (Å²) >= 11 is 0. The third kappa shape index (κ3) is 4.85. The van der Waals surface area contributed by atoms with Crippen molar-refractivity contribution in [2.45, 2.75) is 26.3 Å². The second kappa shape index (κ2) is 9.91. The molecule has 8 heteroatoms. The number of aryl methyl sites for hydroxylation is 1. The molecule has 1 unspecified atom stereocenters. The molecule has 4 amide bonds. The van der Waals surface area contributed by atoms with Crippen LogP contribution in [0.2, 0.25) is 0 Å². The van der Waals surface area contributed by atoms with Crippen LogP contribution in [0.1, 0.15) is 29.3 Å². The molecule has 0 aliphatic carbocycles. The van der Waals surface area contributed by atoms with E-state index in [0.29, 0.717) is 16.9 Å². The molecule has 0 aromatic heterocycles. The lowest BCUT2D eigenvalue weighted by Gasteiger charge is -2.19. The highest BCUT2D eigenvalue weighted by molar-refractivity contribution is 6.22. The number of urea groups is 1. The summed E-state index contributed by atoms with van der Waals surface area (Å²) in [6.45, 7) is 7.59. The largest absolute Gasteiger partial charge is 0.462 e. The monoisotopic (exact) mass is 435 g/mol. The number of nitrogens with one attached hydrogen (secondary N) is 1. The van der Waals surface area contributed by atoms with Gasteiger partial charge in [-0.2, -0.15) is 0 Å². The molecule has 0 spiro atoms. The van der Waals surface area contributed by atoms with Gasteiger partial charge < -0.3 is 15.0 Å². The number of esters is 1. The standard InChI is InChI=1S/C24H25N3O5/c1-4-12-26-20(22(29)27(24(26)31)19-11-6-8-16(3)13-19)15-21(28)25-18-10-7-9-17(14-18)23(30)32-5-2/h4,6-11,13-14,20H,1,5,12,15H2,2-3H3,(H,25,28). The molecule has 2 aromatic carbocycles. The number of benzene rings is 2. The van der Waals surface area contributed by atoms with Crippen LogP contribution in [-0.2, 0) is 14.3 Å². The molecular formula is C24H25N3O5. The number of carbonyl (C=O) groups excluding carboxylic acids is 4. The van der Waals surface area contributed by atoms with E-state index >= 15 is 0 Å². The van der Waals surface area contributed by atoms with Gasteiger partial charge in [0.2, 0.25) is 5.91 Å². The van der Waals surface area contributed by atoms with Crippen molar-refractivity contribution in [3.63, 3.8) is 0 Å². The van der Waals surface area contributed by atoms with E-state index in [1.54, 1.807) is 43.3 Å². The van der Waals surface area contributed by atoms with Crippen molar-refractivity contribution in [2.75, 3.05) is 23.4 Å². The van der Waals surface area contributed by atoms with Gasteiger partial charge in [0, 0.05) is 12.2 Å². The zero-order chi connectivity index (χ0) is 23.3. The number of imide groups is 1. The van der Waals surface area contributed by atoms with Crippen LogP contribution < -0.4 is 10.2 Å². The Morgan fingerprint density at radius 2 is 1.91 bits per heavy atom. The zero-order valence-corrected chi connectivity index (χ0v) is 18.0. The number of ether oxygens (including phenoxy) is 1. The van der Waals surface area contributed by atoms with Gasteiger partial charge in [0.25, 0.3) is 5.91 Å². The van der Waals surface area contributed by atoms with Crippen molar-refractivity contribution in [2.24, 2.45) is 0 Å². The SMILES string of the molecule is C=CCN1C(=O)N(c2cccc(C)c2)C(=O)C1CC(=O)Nc1cccc(C(=O)OCC)c1. The fraction of sp³-hybridized carbons (Fsp3) is 0.250. The van der Waals surface area contributed by atoms with Crippen LogP contribution in [0.15, 0.2) is 61.2 Å². The maximum absolute atomic E-state index is 13.1. The van der Waals surface area contributed by atoms with Crippen LogP contribution in [0.25, 0.3) is 0 Å². The fourth-order valence-electron chi connectivity index (χ4n) is 3.51. The molecule has 1 atom stereocenters. The Labute approximate surface area is 186 Å². The number of rotatable bonds is 8. The third-order valence-electron chi connectivity index (χ3n) is 4.94. The molecule has 166 valence electrons. The summed E-state index contributed by atoms with van der Waals surface area (Å²) in [5, 5.41) is 2.69. The second-order valence-electron chi connectivity index (χ2n) is 7.31.